The number of hydrogen-bond donors (Lipinski definition) is 3. The Balaban J connectivity index is 1.81. The molecule has 0 bridgehead atoms. The second-order valence-corrected chi connectivity index (χ2v) is 6.49. The molecular formula is C14H14ClN3O2S. The summed E-state index contributed by atoms with van der Waals surface area (Å²) in [5.74, 6) is -0.178. The molecule has 2 amide bonds. The number of amides is 2. The summed E-state index contributed by atoms with van der Waals surface area (Å²) < 4.78 is 0.930. The van der Waals surface area contributed by atoms with E-state index in [1.54, 1.807) is 12.1 Å². The second kappa shape index (κ2) is 5.54. The minimum atomic E-state index is -0.203. The standard InChI is InChI=1S/C14H14ClN3O2S/c15-7-1-3-10-9(5-7)12(16)13(21-10)14(20)18-8-2-4-11(19)17-6-8/h1,3,5,8H,2,4,6,16H2,(H,17,19)(H,18,20). The van der Waals surface area contributed by atoms with E-state index >= 15 is 0 Å². The lowest BCUT2D eigenvalue weighted by Crippen LogP contribution is -2.47. The number of piperidine rings is 1. The van der Waals surface area contributed by atoms with Crippen LogP contribution >= 0.6 is 22.9 Å². The Kier molecular flexibility index (Phi) is 3.73. The fourth-order valence-corrected chi connectivity index (χ4v) is 3.54. The highest BCUT2D eigenvalue weighted by molar-refractivity contribution is 7.21. The van der Waals surface area contributed by atoms with Crippen molar-refractivity contribution in [3.63, 3.8) is 0 Å². The van der Waals surface area contributed by atoms with Crippen molar-refractivity contribution in [2.24, 2.45) is 0 Å². The van der Waals surface area contributed by atoms with Crippen molar-refractivity contribution in [1.29, 1.82) is 0 Å². The number of carbonyl (C=O) groups is 2. The van der Waals surface area contributed by atoms with Gasteiger partial charge in [0, 0.05) is 34.1 Å². The first-order chi connectivity index (χ1) is 10.0. The number of nitrogens with one attached hydrogen (secondary N) is 2. The van der Waals surface area contributed by atoms with Gasteiger partial charge in [0.1, 0.15) is 4.88 Å². The van der Waals surface area contributed by atoms with Gasteiger partial charge in [-0.15, -0.1) is 11.3 Å². The zero-order chi connectivity index (χ0) is 15.0. The van der Waals surface area contributed by atoms with Gasteiger partial charge in [-0.25, -0.2) is 0 Å². The molecule has 4 N–H and O–H groups in total. The number of hydrogen-bond acceptors (Lipinski definition) is 4. The van der Waals surface area contributed by atoms with E-state index in [-0.39, 0.29) is 17.9 Å². The number of anilines is 1. The largest absolute Gasteiger partial charge is 0.397 e. The van der Waals surface area contributed by atoms with Crippen LogP contribution in [0.3, 0.4) is 0 Å². The van der Waals surface area contributed by atoms with Gasteiger partial charge in [0.05, 0.1) is 5.69 Å². The van der Waals surface area contributed by atoms with Crippen molar-refractivity contribution in [3.8, 4) is 0 Å². The average Bonchev–Trinajstić information content (AvgIpc) is 2.79. The van der Waals surface area contributed by atoms with Crippen LogP contribution in [0.5, 0.6) is 0 Å². The molecule has 0 spiro atoms. The summed E-state index contributed by atoms with van der Waals surface area (Å²) in [7, 11) is 0. The second-order valence-electron chi connectivity index (χ2n) is 5.00. The Morgan fingerprint density at radius 3 is 3.00 bits per heavy atom. The number of nitrogen functional groups attached to an aromatic ring is 1. The minimum absolute atomic E-state index is 0.0246. The maximum Gasteiger partial charge on any atom is 0.263 e. The number of carbonyl (C=O) groups excluding carboxylic acids is 2. The Hall–Kier alpha value is -1.79. The van der Waals surface area contributed by atoms with Crippen LogP contribution in [0.15, 0.2) is 18.2 Å². The molecule has 1 fully saturated rings. The Bertz CT molecular complexity index is 718. The predicted molar refractivity (Wildman–Crippen MR) is 84.7 cm³/mol. The molecule has 1 aliphatic heterocycles. The van der Waals surface area contributed by atoms with E-state index in [1.807, 2.05) is 6.07 Å². The molecule has 1 aromatic carbocycles. The summed E-state index contributed by atoms with van der Waals surface area (Å²) >= 11 is 7.30. The van der Waals surface area contributed by atoms with E-state index in [2.05, 4.69) is 10.6 Å². The molecule has 1 unspecified atom stereocenters. The summed E-state index contributed by atoms with van der Waals surface area (Å²) in [4.78, 5) is 23.9. The van der Waals surface area contributed by atoms with Gasteiger partial charge in [-0.2, -0.15) is 0 Å². The monoisotopic (exact) mass is 323 g/mol. The molecule has 1 aliphatic rings. The summed E-state index contributed by atoms with van der Waals surface area (Å²) in [6.07, 6.45) is 1.08. The molecule has 2 aromatic rings. The maximum atomic E-state index is 12.3. The quantitative estimate of drug-likeness (QED) is 0.791. The Morgan fingerprint density at radius 2 is 2.29 bits per heavy atom. The van der Waals surface area contributed by atoms with Crippen LogP contribution in [0.4, 0.5) is 5.69 Å². The average molecular weight is 324 g/mol. The number of benzene rings is 1. The zero-order valence-electron chi connectivity index (χ0n) is 11.1. The lowest BCUT2D eigenvalue weighted by atomic mass is 10.1. The molecule has 5 nitrogen and oxygen atoms in total. The van der Waals surface area contributed by atoms with Crippen LogP contribution in [0.25, 0.3) is 10.1 Å². The molecule has 0 saturated carbocycles. The summed E-state index contributed by atoms with van der Waals surface area (Å²) in [5, 5.41) is 7.05. The fraction of sp³-hybridized carbons (Fsp3) is 0.286. The molecule has 110 valence electrons. The maximum absolute atomic E-state index is 12.3. The van der Waals surface area contributed by atoms with Crippen molar-refractivity contribution >= 4 is 50.5 Å². The first kappa shape index (κ1) is 14.2. The third-order valence-corrected chi connectivity index (χ3v) is 4.92. The van der Waals surface area contributed by atoms with Crippen molar-refractivity contribution < 1.29 is 9.59 Å². The lowest BCUT2D eigenvalue weighted by molar-refractivity contribution is -0.122. The van der Waals surface area contributed by atoms with Gasteiger partial charge < -0.3 is 16.4 Å². The van der Waals surface area contributed by atoms with Crippen LogP contribution in [-0.4, -0.2) is 24.4 Å². The molecule has 21 heavy (non-hydrogen) atoms. The Morgan fingerprint density at radius 1 is 1.48 bits per heavy atom. The topological polar surface area (TPSA) is 84.2 Å². The molecule has 7 heteroatoms. The number of rotatable bonds is 2. The van der Waals surface area contributed by atoms with Crippen molar-refractivity contribution in [2.45, 2.75) is 18.9 Å². The van der Waals surface area contributed by atoms with E-state index in [0.29, 0.717) is 35.0 Å². The normalized spacial score (nSPS) is 18.5. The van der Waals surface area contributed by atoms with E-state index in [0.717, 1.165) is 10.1 Å². The molecule has 1 atom stereocenters. The summed E-state index contributed by atoms with van der Waals surface area (Å²) in [6.45, 7) is 0.460. The molecule has 3 rings (SSSR count). The molecule has 0 radical (unpaired) electrons. The number of nitrogens with two attached hydrogens (primary N) is 1. The summed E-state index contributed by atoms with van der Waals surface area (Å²) in [5.41, 5.74) is 6.51. The fourth-order valence-electron chi connectivity index (χ4n) is 2.36. The molecule has 0 aliphatic carbocycles. The van der Waals surface area contributed by atoms with E-state index in [4.69, 9.17) is 17.3 Å². The smallest absolute Gasteiger partial charge is 0.263 e. The van der Waals surface area contributed by atoms with E-state index < -0.39 is 0 Å². The van der Waals surface area contributed by atoms with Crippen LogP contribution in [0.2, 0.25) is 5.02 Å². The van der Waals surface area contributed by atoms with Gasteiger partial charge in [-0.3, -0.25) is 9.59 Å². The number of thiophene rings is 1. The number of fused-ring (bicyclic) bond motifs is 1. The first-order valence-corrected chi connectivity index (χ1v) is 7.79. The Labute approximate surface area is 130 Å². The summed E-state index contributed by atoms with van der Waals surface area (Å²) in [6, 6.07) is 5.35. The molecular weight excluding hydrogens is 310 g/mol. The lowest BCUT2D eigenvalue weighted by Gasteiger charge is -2.23. The van der Waals surface area contributed by atoms with Gasteiger partial charge in [0.25, 0.3) is 5.91 Å². The predicted octanol–water partition coefficient (Wildman–Crippen LogP) is 2.15. The van der Waals surface area contributed by atoms with Crippen LogP contribution in [-0.2, 0) is 4.79 Å². The minimum Gasteiger partial charge on any atom is -0.397 e. The van der Waals surface area contributed by atoms with Gasteiger partial charge >= 0.3 is 0 Å². The van der Waals surface area contributed by atoms with E-state index in [9.17, 15) is 9.59 Å². The highest BCUT2D eigenvalue weighted by Gasteiger charge is 2.23. The van der Waals surface area contributed by atoms with Gasteiger partial charge in [0.2, 0.25) is 5.91 Å². The third kappa shape index (κ3) is 2.82. The van der Waals surface area contributed by atoms with Crippen molar-refractivity contribution in [2.75, 3.05) is 12.3 Å². The molecule has 2 heterocycles. The van der Waals surface area contributed by atoms with Gasteiger partial charge in [0.15, 0.2) is 0 Å². The van der Waals surface area contributed by atoms with Crippen LogP contribution in [0, 0.1) is 0 Å². The molecule has 1 aromatic heterocycles. The highest BCUT2D eigenvalue weighted by Crippen LogP contribution is 2.35. The number of halogens is 1. The van der Waals surface area contributed by atoms with Crippen LogP contribution < -0.4 is 16.4 Å². The van der Waals surface area contributed by atoms with Gasteiger partial charge in [-0.1, -0.05) is 11.6 Å². The first-order valence-electron chi connectivity index (χ1n) is 6.59. The van der Waals surface area contributed by atoms with Crippen molar-refractivity contribution in [3.05, 3.63) is 28.1 Å². The highest BCUT2D eigenvalue weighted by atomic mass is 35.5. The molecule has 1 saturated heterocycles. The zero-order valence-corrected chi connectivity index (χ0v) is 12.7. The van der Waals surface area contributed by atoms with Gasteiger partial charge in [-0.05, 0) is 24.6 Å². The van der Waals surface area contributed by atoms with Crippen molar-refractivity contribution in [1.82, 2.24) is 10.6 Å². The third-order valence-electron chi connectivity index (χ3n) is 3.50. The SMILES string of the molecule is Nc1c(C(=O)NC2CCC(=O)NC2)sc2ccc(Cl)cc12. The van der Waals surface area contributed by atoms with Crippen LogP contribution in [0.1, 0.15) is 22.5 Å². The van der Waals surface area contributed by atoms with E-state index in [1.165, 1.54) is 11.3 Å².